The summed E-state index contributed by atoms with van der Waals surface area (Å²) in [7, 11) is 0. The minimum Gasteiger partial charge on any atom is -0.393 e. The first-order valence-corrected chi connectivity index (χ1v) is 13.0. The van der Waals surface area contributed by atoms with E-state index in [4.69, 9.17) is 0 Å². The number of rotatable bonds is 4. The van der Waals surface area contributed by atoms with Crippen LogP contribution in [0.5, 0.6) is 0 Å². The zero-order chi connectivity index (χ0) is 20.2. The van der Waals surface area contributed by atoms with Gasteiger partial charge >= 0.3 is 0 Å². The molecule has 3 heteroatoms. The van der Waals surface area contributed by atoms with Gasteiger partial charge in [-0.1, -0.05) is 32.4 Å². The average Bonchev–Trinajstić information content (AvgIpc) is 3.34. The number of allylic oxidation sites excluding steroid dienone is 1. The average molecular weight is 414 g/mol. The highest BCUT2D eigenvalue weighted by atomic mass is 32.1. The van der Waals surface area contributed by atoms with Crippen molar-refractivity contribution in [1.82, 2.24) is 4.37 Å². The first-order chi connectivity index (χ1) is 13.9. The smallest absolute Gasteiger partial charge is 0.0577 e. The summed E-state index contributed by atoms with van der Waals surface area (Å²) in [6.07, 6.45) is 17.2. The number of aliphatic hydroxyl groups excluding tert-OH is 1. The summed E-state index contributed by atoms with van der Waals surface area (Å²) in [5.74, 6) is 4.38. The summed E-state index contributed by atoms with van der Waals surface area (Å²) < 4.78 is 4.29. The molecule has 0 bridgehead atoms. The molecule has 1 unspecified atom stereocenters. The van der Waals surface area contributed by atoms with Crippen LogP contribution in [0.25, 0.3) is 0 Å². The Labute approximate surface area is 181 Å². The van der Waals surface area contributed by atoms with Gasteiger partial charge in [0.05, 0.1) is 6.10 Å². The molecule has 1 aromatic rings. The lowest BCUT2D eigenvalue weighted by Crippen LogP contribution is -2.50. The highest BCUT2D eigenvalue weighted by Gasteiger charge is 2.59. The number of hydrogen-bond acceptors (Lipinski definition) is 3. The van der Waals surface area contributed by atoms with Gasteiger partial charge in [0.2, 0.25) is 0 Å². The molecule has 1 heterocycles. The molecule has 0 radical (unpaired) electrons. The largest absolute Gasteiger partial charge is 0.393 e. The van der Waals surface area contributed by atoms with Gasteiger partial charge in [-0.15, -0.1) is 0 Å². The molecular formula is C26H39NOS. The summed E-state index contributed by atoms with van der Waals surface area (Å²) in [5, 5.41) is 10.2. The van der Waals surface area contributed by atoms with Gasteiger partial charge in [0, 0.05) is 11.1 Å². The molecule has 0 saturated heterocycles. The molecule has 1 N–H and O–H groups in total. The zero-order valence-electron chi connectivity index (χ0n) is 18.6. The fourth-order valence-corrected chi connectivity index (χ4v) is 9.15. The van der Waals surface area contributed by atoms with Crippen LogP contribution in [0.2, 0.25) is 0 Å². The molecule has 0 spiro atoms. The van der Waals surface area contributed by atoms with Gasteiger partial charge in [-0.25, -0.2) is 4.37 Å². The molecule has 3 saturated carbocycles. The van der Waals surface area contributed by atoms with E-state index in [0.717, 1.165) is 42.4 Å². The highest BCUT2D eigenvalue weighted by Crippen LogP contribution is 2.67. The van der Waals surface area contributed by atoms with E-state index < -0.39 is 0 Å². The second-order valence-electron chi connectivity index (χ2n) is 11.4. The maximum Gasteiger partial charge on any atom is 0.0577 e. The third kappa shape index (κ3) is 3.26. The van der Waals surface area contributed by atoms with Crippen molar-refractivity contribution in [3.63, 3.8) is 0 Å². The Balaban J connectivity index is 1.33. The van der Waals surface area contributed by atoms with Crippen molar-refractivity contribution in [1.29, 1.82) is 0 Å². The van der Waals surface area contributed by atoms with Crippen molar-refractivity contribution in [2.24, 2.45) is 40.4 Å². The molecule has 3 fully saturated rings. The van der Waals surface area contributed by atoms with E-state index in [-0.39, 0.29) is 6.10 Å². The minimum atomic E-state index is -0.0880. The van der Waals surface area contributed by atoms with Crippen molar-refractivity contribution < 1.29 is 5.11 Å². The third-order valence-electron chi connectivity index (χ3n) is 10.2. The summed E-state index contributed by atoms with van der Waals surface area (Å²) >= 11 is 1.68. The van der Waals surface area contributed by atoms with Crippen LogP contribution in [0.15, 0.2) is 23.9 Å². The fraction of sp³-hybridized carbons (Fsp3) is 0.808. The number of aryl methyl sites for hydroxylation is 1. The van der Waals surface area contributed by atoms with Gasteiger partial charge in [0.25, 0.3) is 0 Å². The molecule has 0 aliphatic heterocycles. The van der Waals surface area contributed by atoms with E-state index in [1.54, 1.807) is 17.1 Å². The molecule has 0 amide bonds. The summed E-state index contributed by atoms with van der Waals surface area (Å²) in [6, 6.07) is 2.20. The number of fused-ring (bicyclic) bond motifs is 5. The van der Waals surface area contributed by atoms with Crippen molar-refractivity contribution in [2.75, 3.05) is 0 Å². The normalized spacial score (nSPS) is 45.1. The number of nitrogens with zero attached hydrogens (tertiary/aromatic N) is 1. The van der Waals surface area contributed by atoms with Gasteiger partial charge in [0.15, 0.2) is 0 Å². The van der Waals surface area contributed by atoms with Crippen LogP contribution in [0, 0.1) is 40.4 Å². The maximum atomic E-state index is 10.2. The Morgan fingerprint density at radius 2 is 2.03 bits per heavy atom. The molecule has 1 aromatic heterocycles. The van der Waals surface area contributed by atoms with Crippen LogP contribution in [-0.4, -0.2) is 15.6 Å². The second kappa shape index (κ2) is 7.48. The first kappa shape index (κ1) is 20.2. The van der Waals surface area contributed by atoms with E-state index in [0.29, 0.717) is 10.8 Å². The molecular weight excluding hydrogens is 374 g/mol. The fourth-order valence-electron chi connectivity index (χ4n) is 8.56. The van der Waals surface area contributed by atoms with Crippen LogP contribution < -0.4 is 0 Å². The lowest BCUT2D eigenvalue weighted by atomic mass is 9.47. The standard InChI is InChI=1S/C26H39NOS/c1-17(4-6-20-12-15-27-29-20)22-8-9-23-21-7-5-18-16-19(28)10-13-25(18,2)24(21)11-14-26(22,23)3/h5,12,15,17,19,21-24,28H,4,6-11,13-14,16H2,1-3H3/t17?,19-,21-,22+,23-,24-,25-,26+/m0/s1. The first-order valence-electron chi connectivity index (χ1n) is 12.2. The Kier molecular flexibility index (Phi) is 5.22. The molecule has 160 valence electrons. The van der Waals surface area contributed by atoms with Crippen LogP contribution in [0.4, 0.5) is 0 Å². The quantitative estimate of drug-likeness (QED) is 0.560. The van der Waals surface area contributed by atoms with Crippen molar-refractivity contribution in [3.05, 3.63) is 28.8 Å². The Hall–Kier alpha value is -0.670. The van der Waals surface area contributed by atoms with Gasteiger partial charge in [0.1, 0.15) is 0 Å². The third-order valence-corrected chi connectivity index (χ3v) is 11.0. The zero-order valence-corrected chi connectivity index (χ0v) is 19.4. The predicted octanol–water partition coefficient (Wildman–Crippen LogP) is 6.65. The Morgan fingerprint density at radius 1 is 1.17 bits per heavy atom. The van der Waals surface area contributed by atoms with E-state index in [1.165, 1.54) is 56.2 Å². The maximum absolute atomic E-state index is 10.2. The summed E-state index contributed by atoms with van der Waals surface area (Å²) in [6.45, 7) is 7.75. The van der Waals surface area contributed by atoms with Crippen molar-refractivity contribution >= 4 is 11.5 Å². The second-order valence-corrected chi connectivity index (χ2v) is 12.3. The SMILES string of the molecule is CC(CCc1ccns1)[C@H]1CC[C@H]2[C@@H]3CC=C4C[C@@H](O)CC[C@]4(C)[C@H]3CC[C@]12C. The number of hydrogen-bond donors (Lipinski definition) is 1. The summed E-state index contributed by atoms with van der Waals surface area (Å²) in [5.41, 5.74) is 2.53. The molecule has 8 atom stereocenters. The van der Waals surface area contributed by atoms with Gasteiger partial charge in [-0.05, 0) is 122 Å². The lowest BCUT2D eigenvalue weighted by molar-refractivity contribution is -0.0571. The van der Waals surface area contributed by atoms with Crippen LogP contribution >= 0.6 is 11.5 Å². The van der Waals surface area contributed by atoms with E-state index in [1.807, 2.05) is 6.20 Å². The van der Waals surface area contributed by atoms with E-state index in [9.17, 15) is 5.11 Å². The lowest BCUT2D eigenvalue weighted by Gasteiger charge is -2.58. The minimum absolute atomic E-state index is 0.0880. The molecule has 5 rings (SSSR count). The Bertz CT molecular complexity index is 757. The van der Waals surface area contributed by atoms with Gasteiger partial charge < -0.3 is 5.11 Å². The van der Waals surface area contributed by atoms with Gasteiger partial charge in [-0.3, -0.25) is 0 Å². The molecule has 0 aromatic carbocycles. The number of aliphatic hydroxyl groups is 1. The molecule has 29 heavy (non-hydrogen) atoms. The molecule has 4 aliphatic rings. The van der Waals surface area contributed by atoms with Crippen molar-refractivity contribution in [2.45, 2.75) is 91.1 Å². The number of aromatic nitrogens is 1. The van der Waals surface area contributed by atoms with Crippen LogP contribution in [-0.2, 0) is 6.42 Å². The van der Waals surface area contributed by atoms with Crippen LogP contribution in [0.3, 0.4) is 0 Å². The van der Waals surface area contributed by atoms with Crippen molar-refractivity contribution in [3.8, 4) is 0 Å². The van der Waals surface area contributed by atoms with Crippen LogP contribution in [0.1, 0.15) is 83.4 Å². The molecule has 4 aliphatic carbocycles. The monoisotopic (exact) mass is 413 g/mol. The highest BCUT2D eigenvalue weighted by molar-refractivity contribution is 7.05. The van der Waals surface area contributed by atoms with E-state index in [2.05, 4.69) is 37.3 Å². The van der Waals surface area contributed by atoms with Gasteiger partial charge in [-0.2, -0.15) is 0 Å². The van der Waals surface area contributed by atoms with E-state index >= 15 is 0 Å². The molecule has 2 nitrogen and oxygen atoms in total. The topological polar surface area (TPSA) is 33.1 Å². The summed E-state index contributed by atoms with van der Waals surface area (Å²) in [4.78, 5) is 1.46. The Morgan fingerprint density at radius 3 is 2.83 bits per heavy atom. The predicted molar refractivity (Wildman–Crippen MR) is 121 cm³/mol.